The summed E-state index contributed by atoms with van der Waals surface area (Å²) in [5, 5.41) is 3.45. The molecular weight excluding hydrogens is 202 g/mol. The van der Waals surface area contributed by atoms with Crippen LogP contribution in [0.15, 0.2) is 12.1 Å². The summed E-state index contributed by atoms with van der Waals surface area (Å²) in [6.07, 6.45) is 5.25. The molecule has 0 spiro atoms. The number of unbranched alkanes of at least 4 members (excludes halogenated alkanes) is 2. The number of aryl methyl sites for hydroxylation is 2. The Hall–Kier alpha value is -0.340. The van der Waals surface area contributed by atoms with E-state index in [0.29, 0.717) is 6.04 Å². The molecule has 0 radical (unpaired) electrons. The second kappa shape index (κ2) is 7.02. The molecule has 0 aliphatic rings. The number of nitrogens with one attached hydrogen (secondary N) is 1. The molecule has 0 aliphatic heterocycles. The molecule has 1 aromatic rings. The maximum atomic E-state index is 3.45. The van der Waals surface area contributed by atoms with Gasteiger partial charge in [-0.25, -0.2) is 0 Å². The second-order valence-electron chi connectivity index (χ2n) is 4.43. The molecule has 0 fully saturated rings. The average Bonchev–Trinajstić information content (AvgIpc) is 2.57. The summed E-state index contributed by atoms with van der Waals surface area (Å²) in [4.78, 5) is 2.98. The van der Waals surface area contributed by atoms with Crippen LogP contribution in [0.4, 0.5) is 0 Å². The number of thiophene rings is 1. The predicted molar refractivity (Wildman–Crippen MR) is 69.7 cm³/mol. The van der Waals surface area contributed by atoms with Gasteiger partial charge in [-0.15, -0.1) is 11.3 Å². The maximum Gasteiger partial charge on any atom is 0.00480 e. The van der Waals surface area contributed by atoms with E-state index in [1.807, 2.05) is 11.3 Å². The van der Waals surface area contributed by atoms with Crippen molar-refractivity contribution in [1.29, 1.82) is 0 Å². The summed E-state index contributed by atoms with van der Waals surface area (Å²) in [5.41, 5.74) is 0. The monoisotopic (exact) mass is 225 g/mol. The third-order valence-electron chi connectivity index (χ3n) is 2.45. The highest BCUT2D eigenvalue weighted by molar-refractivity contribution is 7.11. The van der Waals surface area contributed by atoms with Gasteiger partial charge in [-0.1, -0.05) is 20.3 Å². The van der Waals surface area contributed by atoms with E-state index in [2.05, 4.69) is 38.2 Å². The first-order valence-corrected chi connectivity index (χ1v) is 6.79. The smallest absolute Gasteiger partial charge is 0.00480 e. The summed E-state index contributed by atoms with van der Waals surface area (Å²) < 4.78 is 0. The molecule has 0 saturated heterocycles. The Balaban J connectivity index is 1.98. The van der Waals surface area contributed by atoms with E-state index >= 15 is 0 Å². The Bertz CT molecular complexity index is 265. The Labute approximate surface area is 97.9 Å². The Kier molecular flexibility index (Phi) is 5.96. The SMILES string of the molecule is Cc1ccc(CCCCCNC(C)C)s1. The topological polar surface area (TPSA) is 12.0 Å². The van der Waals surface area contributed by atoms with Crippen molar-refractivity contribution in [3.8, 4) is 0 Å². The van der Waals surface area contributed by atoms with Crippen molar-refractivity contribution in [2.24, 2.45) is 0 Å². The van der Waals surface area contributed by atoms with E-state index in [1.165, 1.54) is 37.1 Å². The summed E-state index contributed by atoms with van der Waals surface area (Å²) in [5.74, 6) is 0. The molecule has 2 heteroatoms. The van der Waals surface area contributed by atoms with Crippen LogP contribution in [0.5, 0.6) is 0 Å². The standard InChI is InChI=1S/C13H23NS/c1-11(2)14-10-6-4-5-7-13-9-8-12(3)15-13/h8-9,11,14H,4-7,10H2,1-3H3. The van der Waals surface area contributed by atoms with Crippen molar-refractivity contribution >= 4 is 11.3 Å². The van der Waals surface area contributed by atoms with Crippen LogP contribution in [0.2, 0.25) is 0 Å². The summed E-state index contributed by atoms with van der Waals surface area (Å²) in [6.45, 7) is 7.75. The third-order valence-corrected chi connectivity index (χ3v) is 3.51. The van der Waals surface area contributed by atoms with Gasteiger partial charge in [0.25, 0.3) is 0 Å². The molecule has 0 saturated carbocycles. The molecule has 0 amide bonds. The number of hydrogen-bond donors (Lipinski definition) is 1. The van der Waals surface area contributed by atoms with Gasteiger partial charge in [0.05, 0.1) is 0 Å². The molecule has 0 aliphatic carbocycles. The van der Waals surface area contributed by atoms with Gasteiger partial charge in [0.2, 0.25) is 0 Å². The van der Waals surface area contributed by atoms with Gasteiger partial charge in [0.15, 0.2) is 0 Å². The van der Waals surface area contributed by atoms with Gasteiger partial charge in [-0.3, -0.25) is 0 Å². The molecule has 0 aromatic carbocycles. The van der Waals surface area contributed by atoms with E-state index in [-0.39, 0.29) is 0 Å². The first kappa shape index (κ1) is 12.7. The molecule has 1 aromatic heterocycles. The van der Waals surface area contributed by atoms with Crippen LogP contribution in [0.1, 0.15) is 42.9 Å². The van der Waals surface area contributed by atoms with Crippen molar-refractivity contribution in [2.75, 3.05) is 6.54 Å². The van der Waals surface area contributed by atoms with E-state index in [0.717, 1.165) is 0 Å². The highest BCUT2D eigenvalue weighted by Crippen LogP contribution is 2.17. The van der Waals surface area contributed by atoms with E-state index in [1.54, 1.807) is 4.88 Å². The van der Waals surface area contributed by atoms with Crippen LogP contribution in [0.3, 0.4) is 0 Å². The maximum absolute atomic E-state index is 3.45. The van der Waals surface area contributed by atoms with Gasteiger partial charge in [-0.05, 0) is 44.9 Å². The van der Waals surface area contributed by atoms with Gasteiger partial charge >= 0.3 is 0 Å². The van der Waals surface area contributed by atoms with Crippen molar-refractivity contribution in [3.63, 3.8) is 0 Å². The Morgan fingerprint density at radius 2 is 2.00 bits per heavy atom. The predicted octanol–water partition coefficient (Wildman–Crippen LogP) is 3.77. The van der Waals surface area contributed by atoms with Crippen LogP contribution in [-0.4, -0.2) is 12.6 Å². The minimum absolute atomic E-state index is 0.630. The van der Waals surface area contributed by atoms with Crippen molar-refractivity contribution < 1.29 is 0 Å². The van der Waals surface area contributed by atoms with Gasteiger partial charge < -0.3 is 5.32 Å². The largest absolute Gasteiger partial charge is 0.315 e. The molecule has 0 atom stereocenters. The molecule has 0 bridgehead atoms. The van der Waals surface area contributed by atoms with Crippen LogP contribution < -0.4 is 5.32 Å². The highest BCUT2D eigenvalue weighted by atomic mass is 32.1. The van der Waals surface area contributed by atoms with E-state index in [4.69, 9.17) is 0 Å². The Morgan fingerprint density at radius 1 is 1.20 bits per heavy atom. The molecule has 1 heterocycles. The van der Waals surface area contributed by atoms with Crippen molar-refractivity contribution in [1.82, 2.24) is 5.32 Å². The second-order valence-corrected chi connectivity index (χ2v) is 5.80. The molecule has 1 N–H and O–H groups in total. The fraction of sp³-hybridized carbons (Fsp3) is 0.692. The summed E-state index contributed by atoms with van der Waals surface area (Å²) >= 11 is 1.94. The van der Waals surface area contributed by atoms with E-state index < -0.39 is 0 Å². The molecule has 15 heavy (non-hydrogen) atoms. The van der Waals surface area contributed by atoms with Crippen LogP contribution in [-0.2, 0) is 6.42 Å². The fourth-order valence-corrected chi connectivity index (χ4v) is 2.54. The summed E-state index contributed by atoms with van der Waals surface area (Å²) in [7, 11) is 0. The van der Waals surface area contributed by atoms with Crippen LogP contribution in [0.25, 0.3) is 0 Å². The van der Waals surface area contributed by atoms with Crippen molar-refractivity contribution in [2.45, 2.75) is 52.5 Å². The van der Waals surface area contributed by atoms with Crippen LogP contribution >= 0.6 is 11.3 Å². The Morgan fingerprint density at radius 3 is 2.60 bits per heavy atom. The zero-order valence-corrected chi connectivity index (χ0v) is 11.0. The first-order valence-electron chi connectivity index (χ1n) is 5.97. The van der Waals surface area contributed by atoms with Gasteiger partial charge in [0.1, 0.15) is 0 Å². The van der Waals surface area contributed by atoms with Crippen LogP contribution in [0, 0.1) is 6.92 Å². The van der Waals surface area contributed by atoms with Crippen molar-refractivity contribution in [3.05, 3.63) is 21.9 Å². The van der Waals surface area contributed by atoms with E-state index in [9.17, 15) is 0 Å². The molecule has 0 unspecified atom stereocenters. The molecule has 86 valence electrons. The van der Waals surface area contributed by atoms with Gasteiger partial charge in [0, 0.05) is 15.8 Å². The lowest BCUT2D eigenvalue weighted by Crippen LogP contribution is -2.23. The molecular formula is C13H23NS. The zero-order chi connectivity index (χ0) is 11.1. The minimum atomic E-state index is 0.630. The highest BCUT2D eigenvalue weighted by Gasteiger charge is 1.97. The fourth-order valence-electron chi connectivity index (χ4n) is 1.61. The molecule has 1 rings (SSSR count). The minimum Gasteiger partial charge on any atom is -0.315 e. The lowest BCUT2D eigenvalue weighted by Gasteiger charge is -2.06. The molecule has 1 nitrogen and oxygen atoms in total. The average molecular weight is 225 g/mol. The lowest BCUT2D eigenvalue weighted by atomic mass is 10.1. The third kappa shape index (κ3) is 5.95. The number of rotatable bonds is 7. The first-order chi connectivity index (χ1) is 7.18. The van der Waals surface area contributed by atoms with Gasteiger partial charge in [-0.2, -0.15) is 0 Å². The lowest BCUT2D eigenvalue weighted by molar-refractivity contribution is 0.549. The zero-order valence-electron chi connectivity index (χ0n) is 10.2. The summed E-state index contributed by atoms with van der Waals surface area (Å²) in [6, 6.07) is 5.12. The normalized spacial score (nSPS) is 11.2. The quantitative estimate of drug-likeness (QED) is 0.697. The number of hydrogen-bond acceptors (Lipinski definition) is 2.